The topological polar surface area (TPSA) is 63.6 Å². The minimum atomic E-state index is -1.33. The van der Waals surface area contributed by atoms with Crippen molar-refractivity contribution in [3.8, 4) is 16.9 Å². The van der Waals surface area contributed by atoms with Crippen LogP contribution in [0.5, 0.6) is 5.75 Å². The molecule has 6 heteroatoms. The van der Waals surface area contributed by atoms with Gasteiger partial charge in [0.25, 0.3) is 0 Å². The van der Waals surface area contributed by atoms with Crippen molar-refractivity contribution in [2.45, 2.75) is 33.1 Å². The van der Waals surface area contributed by atoms with Gasteiger partial charge in [0.2, 0.25) is 0 Å². The first-order valence-electron chi connectivity index (χ1n) is 10.3. The third kappa shape index (κ3) is 5.38. The van der Waals surface area contributed by atoms with E-state index in [2.05, 4.69) is 13.8 Å². The fourth-order valence-corrected chi connectivity index (χ4v) is 3.42. The summed E-state index contributed by atoms with van der Waals surface area (Å²) in [5.74, 6) is -3.73. The Morgan fingerprint density at radius 1 is 0.938 bits per heavy atom. The average molecular weight is 438 g/mol. The molecular weight excluding hydrogens is 414 g/mol. The number of carboxylic acid groups (broad SMARTS) is 1. The van der Waals surface area contributed by atoms with Crippen LogP contribution < -0.4 is 4.74 Å². The second-order valence-corrected chi connectivity index (χ2v) is 8.12. The van der Waals surface area contributed by atoms with Crippen LogP contribution in [0.2, 0.25) is 0 Å². The summed E-state index contributed by atoms with van der Waals surface area (Å²) in [7, 11) is 0. The number of benzene rings is 3. The van der Waals surface area contributed by atoms with Crippen molar-refractivity contribution in [2.24, 2.45) is 5.92 Å². The zero-order valence-corrected chi connectivity index (χ0v) is 18.1. The van der Waals surface area contributed by atoms with E-state index in [-0.39, 0.29) is 22.4 Å². The number of ether oxygens (including phenoxy) is 1. The van der Waals surface area contributed by atoms with E-state index in [1.165, 1.54) is 29.8 Å². The second-order valence-electron chi connectivity index (χ2n) is 8.12. The van der Waals surface area contributed by atoms with Gasteiger partial charge in [-0.15, -0.1) is 0 Å². The van der Waals surface area contributed by atoms with Crippen molar-refractivity contribution in [2.75, 3.05) is 0 Å². The van der Waals surface area contributed by atoms with Crippen molar-refractivity contribution in [1.82, 2.24) is 0 Å². The van der Waals surface area contributed by atoms with E-state index in [0.29, 0.717) is 5.92 Å². The molecule has 3 aromatic rings. The lowest BCUT2D eigenvalue weighted by Crippen LogP contribution is -2.18. The number of carbonyl (C=O) groups excluding carboxylic acids is 1. The molecule has 0 spiro atoms. The van der Waals surface area contributed by atoms with Crippen LogP contribution in [-0.4, -0.2) is 17.0 Å². The predicted octanol–water partition coefficient (Wildman–Crippen LogP) is 6.24. The highest BCUT2D eigenvalue weighted by Gasteiger charge is 2.22. The number of hydrogen-bond acceptors (Lipinski definition) is 3. The number of esters is 1. The van der Waals surface area contributed by atoms with Gasteiger partial charge in [-0.05, 0) is 60.2 Å². The molecule has 3 rings (SSSR count). The van der Waals surface area contributed by atoms with Gasteiger partial charge in [-0.1, -0.05) is 44.2 Å². The zero-order valence-electron chi connectivity index (χ0n) is 18.1. The second kappa shape index (κ2) is 9.73. The van der Waals surface area contributed by atoms with Crippen molar-refractivity contribution >= 4 is 11.9 Å². The lowest BCUT2D eigenvalue weighted by Gasteiger charge is -2.15. The predicted molar refractivity (Wildman–Crippen MR) is 118 cm³/mol. The molecule has 4 nitrogen and oxygen atoms in total. The number of hydrogen-bond donors (Lipinski definition) is 1. The quantitative estimate of drug-likeness (QED) is 0.350. The Hall–Kier alpha value is -3.54. The molecule has 3 aromatic carbocycles. The number of carboxylic acids is 1. The lowest BCUT2D eigenvalue weighted by molar-refractivity contribution is -0.135. The summed E-state index contributed by atoms with van der Waals surface area (Å²) in [6, 6.07) is 14.6. The third-order valence-corrected chi connectivity index (χ3v) is 5.14. The first-order valence-corrected chi connectivity index (χ1v) is 10.3. The Morgan fingerprint density at radius 3 is 2.22 bits per heavy atom. The van der Waals surface area contributed by atoms with Gasteiger partial charge in [0.15, 0.2) is 0 Å². The number of rotatable bonds is 7. The summed E-state index contributed by atoms with van der Waals surface area (Å²) in [6.45, 7) is 5.94. The number of carbonyl (C=O) groups is 2. The highest BCUT2D eigenvalue weighted by molar-refractivity contribution is 5.94. The van der Waals surface area contributed by atoms with Crippen LogP contribution in [0.3, 0.4) is 0 Å². The fourth-order valence-electron chi connectivity index (χ4n) is 3.42. The zero-order chi connectivity index (χ0) is 23.4. The van der Waals surface area contributed by atoms with Crippen molar-refractivity contribution in [3.05, 3.63) is 89.0 Å². The first kappa shape index (κ1) is 23.1. The van der Waals surface area contributed by atoms with Gasteiger partial charge in [-0.3, -0.25) is 4.79 Å². The molecule has 1 N–H and O–H groups in total. The molecule has 1 atom stereocenters. The maximum absolute atomic E-state index is 14.1. The van der Waals surface area contributed by atoms with Crippen LogP contribution in [0.15, 0.2) is 60.7 Å². The first-order chi connectivity index (χ1) is 15.2. The van der Waals surface area contributed by atoms with Gasteiger partial charge >= 0.3 is 11.9 Å². The van der Waals surface area contributed by atoms with E-state index in [9.17, 15) is 23.5 Å². The Kier molecular flexibility index (Phi) is 7.03. The summed E-state index contributed by atoms with van der Waals surface area (Å²) < 4.78 is 32.7. The maximum Gasteiger partial charge on any atom is 0.339 e. The van der Waals surface area contributed by atoms with Crippen LogP contribution in [0.4, 0.5) is 8.78 Å². The normalized spacial score (nSPS) is 11.9. The van der Waals surface area contributed by atoms with Crippen molar-refractivity contribution < 1.29 is 28.2 Å². The molecule has 0 aromatic heterocycles. The highest BCUT2D eigenvalue weighted by Crippen LogP contribution is 2.30. The number of halogens is 2. The van der Waals surface area contributed by atoms with Gasteiger partial charge in [0.05, 0.1) is 5.92 Å². The highest BCUT2D eigenvalue weighted by atomic mass is 19.1. The van der Waals surface area contributed by atoms with Crippen LogP contribution in [0.1, 0.15) is 48.2 Å². The van der Waals surface area contributed by atoms with E-state index < -0.39 is 29.5 Å². The van der Waals surface area contributed by atoms with Crippen LogP contribution in [0, 0.1) is 17.6 Å². The van der Waals surface area contributed by atoms with E-state index in [0.717, 1.165) is 24.1 Å². The summed E-state index contributed by atoms with van der Waals surface area (Å²) in [4.78, 5) is 24.4. The largest absolute Gasteiger partial charge is 0.478 e. The molecule has 0 radical (unpaired) electrons. The van der Waals surface area contributed by atoms with Crippen LogP contribution in [-0.2, 0) is 11.2 Å². The smallest absolute Gasteiger partial charge is 0.339 e. The van der Waals surface area contributed by atoms with Crippen LogP contribution in [0.25, 0.3) is 11.1 Å². The maximum atomic E-state index is 14.1. The molecule has 0 aliphatic rings. The molecule has 0 amide bonds. The molecule has 32 heavy (non-hydrogen) atoms. The lowest BCUT2D eigenvalue weighted by atomic mass is 9.97. The van der Waals surface area contributed by atoms with Crippen molar-refractivity contribution in [3.63, 3.8) is 0 Å². The number of aromatic carboxylic acids is 1. The minimum absolute atomic E-state index is 0.0432. The summed E-state index contributed by atoms with van der Waals surface area (Å²) in [5, 5.41) is 9.58. The standard InChI is InChI=1S/C26H24F2O4/c1-15(2)12-17-4-6-18(7-5-17)16(3)26(31)32-24-11-8-19(13-22(24)25(29)30)21-10-9-20(27)14-23(21)28/h4-11,13-16H,12H2,1-3H3,(H,29,30). The summed E-state index contributed by atoms with van der Waals surface area (Å²) >= 11 is 0. The molecule has 0 heterocycles. The molecule has 0 fully saturated rings. The molecule has 166 valence electrons. The van der Waals surface area contributed by atoms with E-state index in [4.69, 9.17) is 4.74 Å². The molecule has 0 saturated carbocycles. The van der Waals surface area contributed by atoms with Gasteiger partial charge in [0, 0.05) is 11.6 Å². The Labute approximate surface area is 185 Å². The molecule has 0 saturated heterocycles. The Bertz CT molecular complexity index is 1140. The summed E-state index contributed by atoms with van der Waals surface area (Å²) in [6.07, 6.45) is 0.933. The molecule has 0 aliphatic heterocycles. The van der Waals surface area contributed by atoms with E-state index in [1.54, 1.807) is 6.92 Å². The SMILES string of the molecule is CC(C)Cc1ccc(C(C)C(=O)Oc2ccc(-c3ccc(F)cc3F)cc2C(=O)O)cc1. The monoisotopic (exact) mass is 438 g/mol. The van der Waals surface area contributed by atoms with Gasteiger partial charge in [0.1, 0.15) is 22.9 Å². The Morgan fingerprint density at radius 2 is 1.62 bits per heavy atom. The fraction of sp³-hybridized carbons (Fsp3) is 0.231. The van der Waals surface area contributed by atoms with Crippen LogP contribution >= 0.6 is 0 Å². The van der Waals surface area contributed by atoms with Gasteiger partial charge < -0.3 is 9.84 Å². The van der Waals surface area contributed by atoms with Gasteiger partial charge in [-0.25, -0.2) is 13.6 Å². The third-order valence-electron chi connectivity index (χ3n) is 5.14. The molecule has 0 bridgehead atoms. The molecular formula is C26H24F2O4. The molecule has 1 unspecified atom stereocenters. The van der Waals surface area contributed by atoms with Crippen molar-refractivity contribution in [1.29, 1.82) is 0 Å². The van der Waals surface area contributed by atoms with E-state index >= 15 is 0 Å². The Balaban J connectivity index is 1.83. The van der Waals surface area contributed by atoms with Gasteiger partial charge in [-0.2, -0.15) is 0 Å². The summed E-state index contributed by atoms with van der Waals surface area (Å²) in [5.41, 5.74) is 1.90. The van der Waals surface area contributed by atoms with E-state index in [1.807, 2.05) is 24.3 Å². The average Bonchev–Trinajstić information content (AvgIpc) is 2.73. The molecule has 0 aliphatic carbocycles. The minimum Gasteiger partial charge on any atom is -0.478 e.